The average molecular weight is 1150 g/mol. The van der Waals surface area contributed by atoms with Crippen LogP contribution in [0, 0.1) is 27.7 Å². The quantitative estimate of drug-likeness (QED) is 0.0617. The number of alkyl halides is 6. The van der Waals surface area contributed by atoms with E-state index in [-0.39, 0.29) is 17.9 Å². The second kappa shape index (κ2) is 24.9. The molecule has 0 radical (unpaired) electrons. The molecule has 1 N–H and O–H groups in total. The van der Waals surface area contributed by atoms with Gasteiger partial charge in [-0.25, -0.2) is 33.9 Å². The summed E-state index contributed by atoms with van der Waals surface area (Å²) < 4.78 is 107. The van der Waals surface area contributed by atoms with Crippen molar-refractivity contribution in [1.29, 1.82) is 0 Å². The second-order valence-corrected chi connectivity index (χ2v) is 20.3. The molecule has 0 unspecified atom stereocenters. The number of aryl methyl sites for hydroxylation is 4. The number of aromatic nitrogens is 4. The Bertz CT molecular complexity index is 3780. The molecule has 4 aromatic heterocycles. The molecule has 436 valence electrons. The minimum absolute atomic E-state index is 0.0925. The summed E-state index contributed by atoms with van der Waals surface area (Å²) in [4.78, 5) is 71.8. The van der Waals surface area contributed by atoms with Gasteiger partial charge in [-0.15, -0.1) is 0 Å². The number of methoxy groups -OCH3 is 4. The maximum atomic E-state index is 13.5. The van der Waals surface area contributed by atoms with E-state index in [0.29, 0.717) is 89.5 Å². The van der Waals surface area contributed by atoms with Crippen molar-refractivity contribution in [3.05, 3.63) is 154 Å². The fourth-order valence-corrected chi connectivity index (χ4v) is 9.12. The highest BCUT2D eigenvalue weighted by atomic mass is 19.4. The van der Waals surface area contributed by atoms with Crippen LogP contribution < -0.4 is 10.2 Å². The van der Waals surface area contributed by atoms with Gasteiger partial charge in [0, 0.05) is 47.7 Å². The number of carbonyl (C=O) groups is 5. The van der Waals surface area contributed by atoms with Crippen LogP contribution >= 0.6 is 0 Å². The minimum Gasteiger partial charge on any atom is -0.465 e. The smallest absolute Gasteiger partial charge is 0.414 e. The first-order chi connectivity index (χ1) is 39.0. The fourth-order valence-electron chi connectivity index (χ4n) is 9.12. The first-order valence-corrected chi connectivity index (χ1v) is 25.7. The average Bonchev–Trinajstić information content (AvgIpc) is 4.29. The molecule has 0 fully saturated rings. The summed E-state index contributed by atoms with van der Waals surface area (Å²) in [5.41, 5.74) is 9.70. The van der Waals surface area contributed by atoms with Crippen LogP contribution in [0.1, 0.15) is 97.3 Å². The van der Waals surface area contributed by atoms with Crippen LogP contribution in [0.5, 0.6) is 0 Å². The number of hydrogen-bond acceptors (Lipinski definition) is 13. The number of amides is 1. The van der Waals surface area contributed by atoms with Crippen LogP contribution in [0.2, 0.25) is 0 Å². The van der Waals surface area contributed by atoms with E-state index in [4.69, 9.17) is 23.7 Å². The van der Waals surface area contributed by atoms with E-state index < -0.39 is 67.3 Å². The summed E-state index contributed by atoms with van der Waals surface area (Å²) in [7, 11) is 5.19. The number of nitrogens with zero attached hydrogens (tertiary/aromatic N) is 5. The molecule has 0 spiro atoms. The molecule has 22 heteroatoms. The molecule has 0 aliphatic carbocycles. The summed E-state index contributed by atoms with van der Waals surface area (Å²) in [6.07, 6.45) is -5.35. The second-order valence-electron chi connectivity index (χ2n) is 20.3. The number of hydrogen-bond donors (Lipinski definition) is 1. The van der Waals surface area contributed by atoms with E-state index in [9.17, 15) is 50.3 Å². The number of carbonyl (C=O) groups excluding carboxylic acids is 5. The number of nitrogens with one attached hydrogen (secondary N) is 1. The van der Waals surface area contributed by atoms with Crippen LogP contribution in [0.25, 0.3) is 56.1 Å². The largest absolute Gasteiger partial charge is 0.465 e. The third-order valence-corrected chi connectivity index (χ3v) is 13.2. The Hall–Kier alpha value is -9.21. The Morgan fingerprint density at radius 3 is 1.27 bits per heavy atom. The standard InChI is InChI=1S/C33H34F3N3O6.C28H26F3N3O4/c1-19-14-21(8-10-24(19)29(40)43-6)23-16-26(38(13-12-33(34,35)36)31(42)45-32(3,4)5)28-37-17-27(39(28)18-23)22-9-11-25(20(2)15-22)30(41)44-7;1-16-11-18(5-7-21(16)26(35)37-3)20-13-23(32-10-9-28(29,30)31)25-33-14-24(34(25)15-20)19-6-8-22(17(2)12-19)27(36)38-4/h8-11,14-18H,12-13H2,1-7H3;5-8,11-15,32H,9-10H2,1-4H3. The van der Waals surface area contributed by atoms with Gasteiger partial charge in [-0.2, -0.15) is 26.3 Å². The van der Waals surface area contributed by atoms with Gasteiger partial charge in [0.2, 0.25) is 0 Å². The maximum absolute atomic E-state index is 13.5. The number of imidazole rings is 2. The maximum Gasteiger partial charge on any atom is 0.414 e. The van der Waals surface area contributed by atoms with Crippen molar-refractivity contribution in [2.24, 2.45) is 0 Å². The van der Waals surface area contributed by atoms with Crippen molar-refractivity contribution in [1.82, 2.24) is 18.8 Å². The van der Waals surface area contributed by atoms with Crippen LogP contribution in [0.15, 0.2) is 110 Å². The first kappa shape index (κ1) is 61.4. The van der Waals surface area contributed by atoms with Gasteiger partial charge in [0.05, 0.1) is 98.7 Å². The Morgan fingerprint density at radius 2 is 0.880 bits per heavy atom. The summed E-state index contributed by atoms with van der Waals surface area (Å²) in [6, 6.07) is 23.9. The zero-order valence-corrected chi connectivity index (χ0v) is 47.3. The number of esters is 4. The Kier molecular flexibility index (Phi) is 18.4. The summed E-state index contributed by atoms with van der Waals surface area (Å²) in [5, 5.41) is 2.88. The Morgan fingerprint density at radius 1 is 0.506 bits per heavy atom. The Labute approximate surface area is 473 Å². The van der Waals surface area contributed by atoms with E-state index in [1.54, 1.807) is 142 Å². The van der Waals surface area contributed by atoms with Gasteiger partial charge in [-0.1, -0.05) is 36.4 Å². The highest BCUT2D eigenvalue weighted by molar-refractivity contribution is 5.97. The molecule has 1 amide bonds. The third-order valence-electron chi connectivity index (χ3n) is 13.2. The van der Waals surface area contributed by atoms with E-state index >= 15 is 0 Å². The number of halogens is 6. The molecule has 0 bridgehead atoms. The molecule has 0 saturated heterocycles. The first-order valence-electron chi connectivity index (χ1n) is 25.7. The predicted octanol–water partition coefficient (Wildman–Crippen LogP) is 13.8. The molecular weight excluding hydrogens is 1090 g/mol. The van der Waals surface area contributed by atoms with Crippen LogP contribution in [-0.4, -0.2) is 108 Å². The number of benzene rings is 4. The molecule has 0 aliphatic rings. The van der Waals surface area contributed by atoms with Crippen molar-refractivity contribution in [2.75, 3.05) is 51.7 Å². The van der Waals surface area contributed by atoms with Gasteiger partial charge in [-0.05, 0) is 130 Å². The molecule has 8 rings (SSSR count). The van der Waals surface area contributed by atoms with E-state index in [0.717, 1.165) is 16.0 Å². The van der Waals surface area contributed by atoms with Crippen LogP contribution in [0.3, 0.4) is 0 Å². The molecule has 0 atom stereocenters. The van der Waals surface area contributed by atoms with Crippen molar-refractivity contribution in [3.8, 4) is 44.8 Å². The number of rotatable bonds is 14. The topological polar surface area (TPSA) is 181 Å². The zero-order valence-electron chi connectivity index (χ0n) is 47.3. The fraction of sp³-hybridized carbons (Fsp3) is 0.295. The number of pyridine rings is 2. The van der Waals surface area contributed by atoms with Gasteiger partial charge in [0.1, 0.15) is 5.60 Å². The zero-order chi connectivity index (χ0) is 60.9. The van der Waals surface area contributed by atoms with Crippen molar-refractivity contribution >= 4 is 52.6 Å². The summed E-state index contributed by atoms with van der Waals surface area (Å²) in [6.45, 7) is 10.9. The van der Waals surface area contributed by atoms with Crippen molar-refractivity contribution in [3.63, 3.8) is 0 Å². The lowest BCUT2D eigenvalue weighted by molar-refractivity contribution is -0.132. The lowest BCUT2D eigenvalue weighted by Gasteiger charge is -2.28. The van der Waals surface area contributed by atoms with Crippen molar-refractivity contribution in [2.45, 2.75) is 79.3 Å². The minimum atomic E-state index is -4.55. The predicted molar refractivity (Wildman–Crippen MR) is 300 cm³/mol. The van der Waals surface area contributed by atoms with Gasteiger partial charge in [0.25, 0.3) is 0 Å². The number of fused-ring (bicyclic) bond motifs is 2. The number of ether oxygens (including phenoxy) is 5. The summed E-state index contributed by atoms with van der Waals surface area (Å²) >= 11 is 0. The third kappa shape index (κ3) is 14.5. The highest BCUT2D eigenvalue weighted by Crippen LogP contribution is 2.37. The van der Waals surface area contributed by atoms with Crippen molar-refractivity contribution < 1.29 is 74.0 Å². The normalized spacial score (nSPS) is 11.6. The number of anilines is 2. The van der Waals surface area contributed by atoms with Gasteiger partial charge in [-0.3, -0.25) is 13.7 Å². The van der Waals surface area contributed by atoms with E-state index in [1.165, 1.54) is 34.6 Å². The summed E-state index contributed by atoms with van der Waals surface area (Å²) in [5.74, 6) is -1.91. The Balaban J connectivity index is 0.000000242. The molecule has 4 aromatic carbocycles. The van der Waals surface area contributed by atoms with Gasteiger partial charge < -0.3 is 29.0 Å². The molecular formula is C61H60F6N6O10. The lowest BCUT2D eigenvalue weighted by atomic mass is 10.00. The molecule has 0 saturated carbocycles. The van der Waals surface area contributed by atoms with Gasteiger partial charge in [0.15, 0.2) is 11.3 Å². The SMILES string of the molecule is COC(=O)c1ccc(-c2cc(N(CCC(F)(F)F)C(=O)OC(C)(C)C)c3ncc(-c4ccc(C(=O)OC)c(C)c4)n3c2)cc1C.COC(=O)c1ccc(-c2cc(NCCC(F)(F)F)c3ncc(-c4ccc(C(=O)OC)c(C)c4)n3c2)cc1C. The lowest BCUT2D eigenvalue weighted by Crippen LogP contribution is -2.39. The van der Waals surface area contributed by atoms with Crippen LogP contribution in [-0.2, 0) is 23.7 Å². The molecule has 16 nitrogen and oxygen atoms in total. The molecule has 4 heterocycles. The monoisotopic (exact) mass is 1150 g/mol. The van der Waals surface area contributed by atoms with Gasteiger partial charge >= 0.3 is 42.3 Å². The van der Waals surface area contributed by atoms with E-state index in [2.05, 4.69) is 15.3 Å². The molecule has 83 heavy (non-hydrogen) atoms. The molecule has 8 aromatic rings. The van der Waals surface area contributed by atoms with Crippen LogP contribution in [0.4, 0.5) is 42.5 Å². The van der Waals surface area contributed by atoms with E-state index in [1.807, 2.05) is 18.3 Å². The molecule has 0 aliphatic heterocycles. The highest BCUT2D eigenvalue weighted by Gasteiger charge is 2.33.